The van der Waals surface area contributed by atoms with Gasteiger partial charge in [0.2, 0.25) is 0 Å². The molecule has 1 aromatic heterocycles. The molecule has 21 heavy (non-hydrogen) atoms. The lowest BCUT2D eigenvalue weighted by Crippen LogP contribution is -2.47. The second-order valence-electron chi connectivity index (χ2n) is 4.72. The van der Waals surface area contributed by atoms with E-state index in [1.54, 1.807) is 5.32 Å². The van der Waals surface area contributed by atoms with Crippen molar-refractivity contribution >= 4 is 11.6 Å². The highest BCUT2D eigenvalue weighted by Crippen LogP contribution is 2.36. The molecule has 1 aliphatic heterocycles. The Morgan fingerprint density at radius 2 is 1.90 bits per heavy atom. The number of piperidine rings is 1. The van der Waals surface area contributed by atoms with E-state index >= 15 is 0 Å². The van der Waals surface area contributed by atoms with Crippen molar-refractivity contribution in [1.29, 1.82) is 0 Å². The number of alkyl halides is 5. The molecule has 1 aromatic rings. The van der Waals surface area contributed by atoms with Crippen LogP contribution in [-0.2, 0) is 4.79 Å². The number of carbonyl (C=O) groups excluding carboxylic acids is 1. The number of carbonyl (C=O) groups is 1. The molecule has 10 heteroatoms. The fourth-order valence-corrected chi connectivity index (χ4v) is 2.01. The van der Waals surface area contributed by atoms with Crippen molar-refractivity contribution in [2.45, 2.75) is 31.0 Å². The molecule has 1 saturated heterocycles. The van der Waals surface area contributed by atoms with Crippen LogP contribution in [0.3, 0.4) is 0 Å². The molecule has 0 saturated carbocycles. The number of hydrogen-bond donors (Lipinski definition) is 2. The van der Waals surface area contributed by atoms with Gasteiger partial charge in [-0.25, -0.2) is 0 Å². The summed E-state index contributed by atoms with van der Waals surface area (Å²) in [7, 11) is 0. The van der Waals surface area contributed by atoms with Crippen molar-refractivity contribution < 1.29 is 26.7 Å². The molecule has 0 atom stereocenters. The first kappa shape index (κ1) is 15.7. The molecule has 1 fully saturated rings. The molecule has 2 heterocycles. The lowest BCUT2D eigenvalue weighted by molar-refractivity contribution is -0.267. The Bertz CT molecular complexity index is 507. The quantitative estimate of drug-likeness (QED) is 0.839. The van der Waals surface area contributed by atoms with Crippen molar-refractivity contribution in [3.05, 3.63) is 12.4 Å². The third-order valence-corrected chi connectivity index (χ3v) is 3.18. The van der Waals surface area contributed by atoms with E-state index < -0.39 is 18.0 Å². The van der Waals surface area contributed by atoms with Gasteiger partial charge in [0.15, 0.2) is 0 Å². The maximum atomic E-state index is 12.8. The molecule has 0 aliphatic carbocycles. The number of nitrogens with one attached hydrogen (secondary N) is 2. The van der Waals surface area contributed by atoms with Gasteiger partial charge in [0.1, 0.15) is 0 Å². The van der Waals surface area contributed by atoms with E-state index in [1.165, 1.54) is 10.9 Å². The van der Waals surface area contributed by atoms with Gasteiger partial charge in [-0.05, 0) is 25.9 Å². The fraction of sp³-hybridized carbons (Fsp3) is 0.636. The first-order valence-electron chi connectivity index (χ1n) is 6.22. The molecule has 2 rings (SSSR count). The van der Waals surface area contributed by atoms with Gasteiger partial charge in [0.05, 0.1) is 17.9 Å². The fourth-order valence-electron chi connectivity index (χ4n) is 2.01. The normalized spacial score (nSPS) is 17.8. The van der Waals surface area contributed by atoms with E-state index in [0.29, 0.717) is 0 Å². The predicted octanol–water partition coefficient (Wildman–Crippen LogP) is 1.94. The average molecular weight is 312 g/mol. The smallest absolute Gasteiger partial charge is 0.318 e. The summed E-state index contributed by atoms with van der Waals surface area (Å²) in [6, 6.07) is 0.0278. The minimum atomic E-state index is -5.93. The van der Waals surface area contributed by atoms with Crippen LogP contribution in [0.1, 0.15) is 18.9 Å². The highest BCUT2D eigenvalue weighted by molar-refractivity contribution is 5.96. The van der Waals surface area contributed by atoms with Crippen LogP contribution in [-0.4, -0.2) is 40.9 Å². The summed E-state index contributed by atoms with van der Waals surface area (Å²) < 4.78 is 63.2. The maximum Gasteiger partial charge on any atom is 0.463 e. The van der Waals surface area contributed by atoms with Crippen molar-refractivity contribution in [2.24, 2.45) is 0 Å². The van der Waals surface area contributed by atoms with Crippen LogP contribution in [0, 0.1) is 0 Å². The number of nitrogens with zero attached hydrogens (tertiary/aromatic N) is 2. The number of rotatable bonds is 3. The monoisotopic (exact) mass is 312 g/mol. The zero-order valence-electron chi connectivity index (χ0n) is 10.8. The Morgan fingerprint density at radius 3 is 2.48 bits per heavy atom. The van der Waals surface area contributed by atoms with Crippen LogP contribution < -0.4 is 10.6 Å². The first-order chi connectivity index (χ1) is 9.72. The molecule has 118 valence electrons. The van der Waals surface area contributed by atoms with E-state index in [0.717, 1.165) is 32.1 Å². The van der Waals surface area contributed by atoms with E-state index in [4.69, 9.17) is 0 Å². The number of amides is 1. The molecule has 0 radical (unpaired) electrons. The number of hydrogen-bond acceptors (Lipinski definition) is 3. The highest BCUT2D eigenvalue weighted by atomic mass is 19.4. The second-order valence-corrected chi connectivity index (χ2v) is 4.72. The minimum absolute atomic E-state index is 0.0278. The van der Waals surface area contributed by atoms with Gasteiger partial charge in [-0.1, -0.05) is 0 Å². The summed E-state index contributed by atoms with van der Waals surface area (Å²) in [6.45, 7) is 1.52. The van der Waals surface area contributed by atoms with Crippen LogP contribution in [0.4, 0.5) is 27.6 Å². The highest BCUT2D eigenvalue weighted by Gasteiger charge is 2.63. The minimum Gasteiger partial charge on any atom is -0.318 e. The summed E-state index contributed by atoms with van der Waals surface area (Å²) in [4.78, 5) is 11.0. The maximum absolute atomic E-state index is 12.8. The van der Waals surface area contributed by atoms with Gasteiger partial charge in [-0.2, -0.15) is 27.1 Å². The number of aromatic nitrogens is 2. The van der Waals surface area contributed by atoms with Gasteiger partial charge < -0.3 is 10.6 Å². The molecular formula is C11H13F5N4O. The molecule has 1 aliphatic rings. The summed E-state index contributed by atoms with van der Waals surface area (Å²) >= 11 is 0. The second kappa shape index (κ2) is 5.58. The van der Waals surface area contributed by atoms with E-state index in [9.17, 15) is 26.7 Å². The predicted molar refractivity (Wildman–Crippen MR) is 63.0 cm³/mol. The van der Waals surface area contributed by atoms with Crippen molar-refractivity contribution in [1.82, 2.24) is 15.1 Å². The van der Waals surface area contributed by atoms with Crippen molar-refractivity contribution in [3.8, 4) is 0 Å². The molecule has 0 spiro atoms. The van der Waals surface area contributed by atoms with E-state index in [1.807, 2.05) is 0 Å². The van der Waals surface area contributed by atoms with Gasteiger partial charge >= 0.3 is 18.0 Å². The Labute approximate surface area is 116 Å². The largest absolute Gasteiger partial charge is 0.463 e. The Morgan fingerprint density at radius 1 is 1.29 bits per heavy atom. The van der Waals surface area contributed by atoms with Crippen LogP contribution in [0.15, 0.2) is 12.4 Å². The third-order valence-electron chi connectivity index (χ3n) is 3.18. The van der Waals surface area contributed by atoms with Crippen molar-refractivity contribution in [2.75, 3.05) is 18.4 Å². The molecular weight excluding hydrogens is 299 g/mol. The summed E-state index contributed by atoms with van der Waals surface area (Å²) in [5, 5.41) is 8.55. The van der Waals surface area contributed by atoms with Crippen LogP contribution >= 0.6 is 0 Å². The Hall–Kier alpha value is -1.71. The summed E-state index contributed by atoms with van der Waals surface area (Å²) in [5.74, 6) is -7.86. The number of halogens is 5. The molecule has 0 unspecified atom stereocenters. The first-order valence-corrected chi connectivity index (χ1v) is 6.22. The summed E-state index contributed by atoms with van der Waals surface area (Å²) in [5.41, 5.74) is -0.192. The van der Waals surface area contributed by atoms with Gasteiger partial charge in [-0.3, -0.25) is 9.48 Å². The zero-order valence-corrected chi connectivity index (χ0v) is 10.8. The van der Waals surface area contributed by atoms with E-state index in [2.05, 4.69) is 10.4 Å². The topological polar surface area (TPSA) is 59.0 Å². The average Bonchev–Trinajstić information content (AvgIpc) is 2.87. The molecule has 1 amide bonds. The molecule has 2 N–H and O–H groups in total. The lowest BCUT2D eigenvalue weighted by Gasteiger charge is -2.22. The molecule has 0 bridgehead atoms. The van der Waals surface area contributed by atoms with Crippen LogP contribution in [0.25, 0.3) is 0 Å². The Kier molecular flexibility index (Phi) is 4.17. The Balaban J connectivity index is 2.04. The van der Waals surface area contributed by atoms with Crippen LogP contribution in [0.2, 0.25) is 0 Å². The lowest BCUT2D eigenvalue weighted by atomic mass is 10.1. The van der Waals surface area contributed by atoms with Gasteiger partial charge in [0.25, 0.3) is 0 Å². The van der Waals surface area contributed by atoms with Crippen molar-refractivity contribution in [3.63, 3.8) is 0 Å². The molecule has 0 aromatic carbocycles. The SMILES string of the molecule is O=C(Nc1cnn(C2CCNCC2)c1)C(F)(F)C(F)(F)F. The standard InChI is InChI=1S/C11H13F5N4O/c12-10(13,11(14,15)16)9(21)19-7-5-18-20(6-7)8-1-3-17-4-2-8/h5-6,8,17H,1-4H2,(H,19,21). The zero-order chi connectivity index (χ0) is 15.7. The third kappa shape index (κ3) is 3.31. The van der Waals surface area contributed by atoms with Crippen LogP contribution in [0.5, 0.6) is 0 Å². The number of anilines is 1. The summed E-state index contributed by atoms with van der Waals surface area (Å²) in [6.07, 6.45) is -2.11. The molecule has 5 nitrogen and oxygen atoms in total. The van der Waals surface area contributed by atoms with E-state index in [-0.39, 0.29) is 11.7 Å². The van der Waals surface area contributed by atoms with Gasteiger partial charge in [0, 0.05) is 6.20 Å². The van der Waals surface area contributed by atoms with Gasteiger partial charge in [-0.15, -0.1) is 0 Å².